The molecule has 0 aliphatic heterocycles. The average molecular weight is 384 g/mol. The van der Waals surface area contributed by atoms with Crippen molar-refractivity contribution in [2.45, 2.75) is 13.5 Å². The lowest BCUT2D eigenvalue weighted by Gasteiger charge is -2.05. The van der Waals surface area contributed by atoms with Gasteiger partial charge < -0.3 is 14.0 Å². The van der Waals surface area contributed by atoms with Crippen LogP contribution in [0.4, 0.5) is 0 Å². The molecular weight excluding hydrogens is 364 g/mol. The minimum absolute atomic E-state index is 0.344. The summed E-state index contributed by atoms with van der Waals surface area (Å²) in [5.74, 6) is 1.74. The van der Waals surface area contributed by atoms with E-state index in [-0.39, 0.29) is 0 Å². The van der Waals surface area contributed by atoms with E-state index in [9.17, 15) is 9.59 Å². The van der Waals surface area contributed by atoms with Gasteiger partial charge in [-0.05, 0) is 31.2 Å². The highest BCUT2D eigenvalue weighted by Gasteiger charge is 2.22. The molecular formula is C18H20N6O4. The Morgan fingerprint density at radius 3 is 2.57 bits per heavy atom. The number of nitrogens with one attached hydrogen (secondary N) is 1. The van der Waals surface area contributed by atoms with E-state index in [1.165, 1.54) is 4.57 Å². The fraction of sp³-hybridized carbons (Fsp3) is 0.333. The zero-order valence-corrected chi connectivity index (χ0v) is 15.8. The van der Waals surface area contributed by atoms with Crippen molar-refractivity contribution < 1.29 is 9.47 Å². The van der Waals surface area contributed by atoms with Gasteiger partial charge in [0.2, 0.25) is 5.78 Å². The van der Waals surface area contributed by atoms with Gasteiger partial charge in [0.25, 0.3) is 5.56 Å². The Balaban J connectivity index is 2.03. The first kappa shape index (κ1) is 18.0. The van der Waals surface area contributed by atoms with E-state index in [4.69, 9.17) is 9.47 Å². The first-order valence-corrected chi connectivity index (χ1v) is 8.85. The summed E-state index contributed by atoms with van der Waals surface area (Å²) < 4.78 is 15.5. The predicted molar refractivity (Wildman–Crippen MR) is 103 cm³/mol. The molecule has 0 radical (unpaired) electrons. The molecule has 0 atom stereocenters. The number of H-pyrrole nitrogens is 1. The number of ether oxygens (including phenoxy) is 2. The third-order valence-electron chi connectivity index (χ3n) is 4.58. The van der Waals surface area contributed by atoms with Gasteiger partial charge in [-0.3, -0.25) is 14.3 Å². The van der Waals surface area contributed by atoms with Crippen LogP contribution in [-0.2, 0) is 18.3 Å². The van der Waals surface area contributed by atoms with Gasteiger partial charge in [-0.2, -0.15) is 0 Å². The number of nitrogens with zero attached hydrogens (tertiary/aromatic N) is 5. The Labute approximate surface area is 159 Å². The van der Waals surface area contributed by atoms with Crippen molar-refractivity contribution in [3.63, 3.8) is 0 Å². The maximum atomic E-state index is 12.6. The molecule has 0 bridgehead atoms. The normalized spacial score (nSPS) is 11.5. The van der Waals surface area contributed by atoms with Crippen LogP contribution in [0.3, 0.4) is 0 Å². The predicted octanol–water partition coefficient (Wildman–Crippen LogP) is 0.783. The molecule has 0 aliphatic rings. The average Bonchev–Trinajstić information content (AvgIpc) is 3.24. The first-order valence-electron chi connectivity index (χ1n) is 8.85. The largest absolute Gasteiger partial charge is 0.494 e. The van der Waals surface area contributed by atoms with E-state index in [1.54, 1.807) is 23.1 Å². The fourth-order valence-corrected chi connectivity index (χ4v) is 3.29. The molecule has 0 spiro atoms. The SMILES string of the molecule is CCOc1ccc(-c2nnc3n(CCOC)c4c(=O)[nH]c(=O)n(C)c4n23)cc1. The Kier molecular flexibility index (Phi) is 4.47. The molecule has 3 heterocycles. The molecule has 0 aliphatic carbocycles. The molecule has 0 saturated carbocycles. The van der Waals surface area contributed by atoms with Crippen molar-refractivity contribution in [1.29, 1.82) is 0 Å². The van der Waals surface area contributed by atoms with E-state index in [1.807, 2.05) is 31.2 Å². The van der Waals surface area contributed by atoms with Crippen LogP contribution in [0.15, 0.2) is 33.9 Å². The van der Waals surface area contributed by atoms with Crippen molar-refractivity contribution in [1.82, 2.24) is 28.7 Å². The summed E-state index contributed by atoms with van der Waals surface area (Å²) in [4.78, 5) is 27.1. The molecule has 0 saturated heterocycles. The van der Waals surface area contributed by atoms with E-state index in [0.717, 1.165) is 11.3 Å². The minimum Gasteiger partial charge on any atom is -0.494 e. The summed E-state index contributed by atoms with van der Waals surface area (Å²) >= 11 is 0. The van der Waals surface area contributed by atoms with E-state index in [2.05, 4.69) is 15.2 Å². The molecule has 146 valence electrons. The van der Waals surface area contributed by atoms with Crippen LogP contribution < -0.4 is 16.0 Å². The minimum atomic E-state index is -0.505. The number of rotatable bonds is 6. The van der Waals surface area contributed by atoms with Crippen LogP contribution in [0.5, 0.6) is 5.75 Å². The number of methoxy groups -OCH3 is 1. The molecule has 10 nitrogen and oxygen atoms in total. The summed E-state index contributed by atoms with van der Waals surface area (Å²) in [7, 11) is 3.18. The molecule has 28 heavy (non-hydrogen) atoms. The number of benzene rings is 1. The lowest BCUT2D eigenvalue weighted by atomic mass is 10.2. The van der Waals surface area contributed by atoms with E-state index in [0.29, 0.717) is 42.5 Å². The number of aryl methyl sites for hydroxylation is 1. The van der Waals surface area contributed by atoms with Gasteiger partial charge in [0.1, 0.15) is 5.75 Å². The molecule has 0 fully saturated rings. The summed E-state index contributed by atoms with van der Waals surface area (Å²) in [5.41, 5.74) is 0.575. The molecule has 0 amide bonds. The van der Waals surface area contributed by atoms with Crippen molar-refractivity contribution in [2.24, 2.45) is 7.05 Å². The molecule has 3 aromatic heterocycles. The van der Waals surface area contributed by atoms with Gasteiger partial charge in [-0.25, -0.2) is 9.20 Å². The van der Waals surface area contributed by atoms with Gasteiger partial charge in [0, 0.05) is 26.3 Å². The van der Waals surface area contributed by atoms with Gasteiger partial charge in [0.15, 0.2) is 17.0 Å². The van der Waals surface area contributed by atoms with Crippen molar-refractivity contribution in [2.75, 3.05) is 20.3 Å². The highest BCUT2D eigenvalue weighted by Crippen LogP contribution is 2.25. The van der Waals surface area contributed by atoms with Crippen molar-refractivity contribution in [3.8, 4) is 17.1 Å². The fourth-order valence-electron chi connectivity index (χ4n) is 3.29. The van der Waals surface area contributed by atoms with Crippen LogP contribution >= 0.6 is 0 Å². The van der Waals surface area contributed by atoms with E-state index >= 15 is 0 Å². The highest BCUT2D eigenvalue weighted by molar-refractivity contribution is 5.79. The third-order valence-corrected chi connectivity index (χ3v) is 4.58. The number of fused-ring (bicyclic) bond motifs is 3. The second-order valence-electron chi connectivity index (χ2n) is 6.25. The van der Waals surface area contributed by atoms with Crippen molar-refractivity contribution in [3.05, 3.63) is 45.1 Å². The monoisotopic (exact) mass is 384 g/mol. The molecule has 4 aromatic rings. The highest BCUT2D eigenvalue weighted by atomic mass is 16.5. The first-order chi connectivity index (χ1) is 13.6. The van der Waals surface area contributed by atoms with Crippen LogP contribution in [0.2, 0.25) is 0 Å². The lowest BCUT2D eigenvalue weighted by molar-refractivity contribution is 0.189. The Bertz CT molecular complexity index is 1260. The molecule has 1 N–H and O–H groups in total. The second kappa shape index (κ2) is 6.97. The number of hydrogen-bond acceptors (Lipinski definition) is 6. The smallest absolute Gasteiger partial charge is 0.329 e. The van der Waals surface area contributed by atoms with Crippen LogP contribution in [0.25, 0.3) is 28.3 Å². The van der Waals surface area contributed by atoms with Crippen LogP contribution in [0, 0.1) is 0 Å². The van der Waals surface area contributed by atoms with Gasteiger partial charge >= 0.3 is 5.69 Å². The molecule has 4 rings (SSSR count). The number of aromatic amines is 1. The van der Waals surface area contributed by atoms with Crippen LogP contribution in [0.1, 0.15) is 6.92 Å². The standard InChI is InChI=1S/C18H20N6O4/c1-4-28-12-7-5-11(6-8-12)14-20-21-17-23(9-10-27-3)13-15(25)19-18(26)22(2)16(13)24(14)17/h5-8H,4,9-10H2,1-3H3,(H,19,25,26). The maximum Gasteiger partial charge on any atom is 0.329 e. The van der Waals surface area contributed by atoms with Crippen molar-refractivity contribution >= 4 is 16.9 Å². The Morgan fingerprint density at radius 1 is 1.14 bits per heavy atom. The Morgan fingerprint density at radius 2 is 1.89 bits per heavy atom. The molecule has 1 aromatic carbocycles. The molecule has 0 unspecified atom stereocenters. The number of imidazole rings is 1. The third kappa shape index (κ3) is 2.69. The lowest BCUT2D eigenvalue weighted by Crippen LogP contribution is -2.29. The summed E-state index contributed by atoms with van der Waals surface area (Å²) in [6.45, 7) is 3.27. The van der Waals surface area contributed by atoms with E-state index < -0.39 is 11.2 Å². The second-order valence-corrected chi connectivity index (χ2v) is 6.25. The number of hydrogen-bond donors (Lipinski definition) is 1. The topological polar surface area (TPSA) is 108 Å². The quantitative estimate of drug-likeness (QED) is 0.526. The zero-order chi connectivity index (χ0) is 19.8. The maximum absolute atomic E-state index is 12.6. The van der Waals surface area contributed by atoms with Gasteiger partial charge in [-0.1, -0.05) is 0 Å². The van der Waals surface area contributed by atoms with Crippen LogP contribution in [-0.4, -0.2) is 49.0 Å². The summed E-state index contributed by atoms with van der Waals surface area (Å²) in [6.07, 6.45) is 0. The summed E-state index contributed by atoms with van der Waals surface area (Å²) in [5, 5.41) is 8.58. The zero-order valence-electron chi connectivity index (χ0n) is 15.8. The summed E-state index contributed by atoms with van der Waals surface area (Å²) in [6, 6.07) is 7.42. The number of aromatic nitrogens is 6. The molecule has 10 heteroatoms. The van der Waals surface area contributed by atoms with Gasteiger partial charge in [0.05, 0.1) is 13.2 Å². The Hall–Kier alpha value is -3.40. The van der Waals surface area contributed by atoms with Gasteiger partial charge in [-0.15, -0.1) is 10.2 Å².